The Labute approximate surface area is 143 Å². The van der Waals surface area contributed by atoms with Crippen molar-refractivity contribution in [1.29, 1.82) is 0 Å². The number of ether oxygens (including phenoxy) is 1. The molecule has 5 heteroatoms. The van der Waals surface area contributed by atoms with E-state index < -0.39 is 5.97 Å². The van der Waals surface area contributed by atoms with Crippen molar-refractivity contribution in [2.75, 3.05) is 18.6 Å². The molecule has 1 N–H and O–H groups in total. The third-order valence-corrected chi connectivity index (χ3v) is 4.98. The van der Waals surface area contributed by atoms with Crippen LogP contribution in [0.2, 0.25) is 0 Å². The van der Waals surface area contributed by atoms with Crippen LogP contribution < -0.4 is 9.64 Å². The number of anilines is 1. The van der Waals surface area contributed by atoms with Gasteiger partial charge in [-0.1, -0.05) is 13.8 Å². The molecular weight excluding hydrogens is 306 g/mol. The number of carboxylic acid groups (broad SMARTS) is 1. The summed E-state index contributed by atoms with van der Waals surface area (Å²) < 4.78 is 5.11. The van der Waals surface area contributed by atoms with Gasteiger partial charge in [0.05, 0.1) is 0 Å². The van der Waals surface area contributed by atoms with Gasteiger partial charge in [0.25, 0.3) is 0 Å². The zero-order valence-electron chi connectivity index (χ0n) is 14.7. The Bertz CT molecular complexity index is 559. The number of hydrogen-bond donors (Lipinski definition) is 1. The second-order valence-electron chi connectivity index (χ2n) is 6.93. The number of carbonyl (C=O) groups excluding carboxylic acids is 1. The van der Waals surface area contributed by atoms with Crippen molar-refractivity contribution < 1.29 is 19.4 Å². The standard InChI is InChI=1S/C19H27NO4/c1-13(2)14-4-6-15(7-5-14)19(23)20(3)16-8-10-17(11-9-16)24-12-18(21)22/h8-11,13-15H,4-7,12H2,1-3H3,(H,21,22). The van der Waals surface area contributed by atoms with E-state index in [9.17, 15) is 9.59 Å². The monoisotopic (exact) mass is 333 g/mol. The van der Waals surface area contributed by atoms with Gasteiger partial charge in [-0.25, -0.2) is 4.79 Å². The van der Waals surface area contributed by atoms with E-state index in [0.29, 0.717) is 11.7 Å². The molecule has 1 fully saturated rings. The van der Waals surface area contributed by atoms with E-state index in [4.69, 9.17) is 9.84 Å². The fourth-order valence-corrected chi connectivity index (χ4v) is 3.34. The van der Waals surface area contributed by atoms with Crippen LogP contribution >= 0.6 is 0 Å². The lowest BCUT2D eigenvalue weighted by molar-refractivity contribution is -0.139. The molecule has 1 aromatic rings. The van der Waals surface area contributed by atoms with Crippen molar-refractivity contribution >= 4 is 17.6 Å². The van der Waals surface area contributed by atoms with Crippen molar-refractivity contribution in [1.82, 2.24) is 0 Å². The molecule has 0 aliphatic heterocycles. The molecule has 0 saturated heterocycles. The van der Waals surface area contributed by atoms with Crippen LogP contribution in [0.15, 0.2) is 24.3 Å². The van der Waals surface area contributed by atoms with Crippen LogP contribution in [-0.4, -0.2) is 30.6 Å². The van der Waals surface area contributed by atoms with Crippen molar-refractivity contribution in [2.45, 2.75) is 39.5 Å². The van der Waals surface area contributed by atoms with E-state index in [1.54, 1.807) is 36.2 Å². The van der Waals surface area contributed by atoms with Gasteiger partial charge in [0, 0.05) is 18.7 Å². The molecule has 24 heavy (non-hydrogen) atoms. The highest BCUT2D eigenvalue weighted by atomic mass is 16.5. The molecule has 0 bridgehead atoms. The first kappa shape index (κ1) is 18.3. The van der Waals surface area contributed by atoms with Gasteiger partial charge in [-0.2, -0.15) is 0 Å². The van der Waals surface area contributed by atoms with Crippen molar-refractivity contribution in [3.05, 3.63) is 24.3 Å². The summed E-state index contributed by atoms with van der Waals surface area (Å²) in [6.45, 7) is 4.15. The largest absolute Gasteiger partial charge is 0.482 e. The Morgan fingerprint density at radius 2 is 1.75 bits per heavy atom. The van der Waals surface area contributed by atoms with E-state index in [1.807, 2.05) is 0 Å². The predicted octanol–water partition coefficient (Wildman–Crippen LogP) is 3.58. The SMILES string of the molecule is CC(C)C1CCC(C(=O)N(C)c2ccc(OCC(=O)O)cc2)CC1. The van der Waals surface area contributed by atoms with Gasteiger partial charge in [0.15, 0.2) is 6.61 Å². The van der Waals surface area contributed by atoms with Gasteiger partial charge in [-0.05, 0) is 61.8 Å². The maximum atomic E-state index is 12.7. The minimum absolute atomic E-state index is 0.105. The van der Waals surface area contributed by atoms with Crippen LogP contribution in [-0.2, 0) is 9.59 Å². The van der Waals surface area contributed by atoms with E-state index in [0.717, 1.165) is 37.3 Å². The second kappa shape index (κ2) is 8.18. The lowest BCUT2D eigenvalue weighted by atomic mass is 9.76. The number of carboxylic acids is 1. The lowest BCUT2D eigenvalue weighted by Crippen LogP contribution is -2.35. The molecular formula is C19H27NO4. The van der Waals surface area contributed by atoms with E-state index >= 15 is 0 Å². The summed E-state index contributed by atoms with van der Waals surface area (Å²) in [5, 5.41) is 8.61. The summed E-state index contributed by atoms with van der Waals surface area (Å²) in [4.78, 5) is 24.9. The number of amides is 1. The van der Waals surface area contributed by atoms with Crippen LogP contribution in [0.1, 0.15) is 39.5 Å². The number of rotatable bonds is 6. The third kappa shape index (κ3) is 4.73. The van der Waals surface area contributed by atoms with Gasteiger partial charge in [0.2, 0.25) is 5.91 Å². The number of benzene rings is 1. The summed E-state index contributed by atoms with van der Waals surface area (Å²) in [7, 11) is 1.80. The topological polar surface area (TPSA) is 66.8 Å². The molecule has 1 aromatic carbocycles. The van der Waals surface area contributed by atoms with Crippen molar-refractivity contribution in [3.63, 3.8) is 0 Å². The Kier molecular flexibility index (Phi) is 6.23. The molecule has 2 rings (SSSR count). The highest BCUT2D eigenvalue weighted by Gasteiger charge is 2.29. The molecule has 0 atom stereocenters. The molecule has 1 aliphatic rings. The van der Waals surface area contributed by atoms with Crippen molar-refractivity contribution in [2.24, 2.45) is 17.8 Å². The van der Waals surface area contributed by atoms with Crippen molar-refractivity contribution in [3.8, 4) is 5.75 Å². The Morgan fingerprint density at radius 3 is 2.25 bits per heavy atom. The van der Waals surface area contributed by atoms with Gasteiger partial charge in [-0.15, -0.1) is 0 Å². The summed E-state index contributed by atoms with van der Waals surface area (Å²) in [6.07, 6.45) is 4.19. The molecule has 0 aromatic heterocycles. The van der Waals surface area contributed by atoms with E-state index in [2.05, 4.69) is 13.8 Å². The second-order valence-corrected chi connectivity index (χ2v) is 6.93. The maximum Gasteiger partial charge on any atom is 0.341 e. The Morgan fingerprint density at radius 1 is 1.17 bits per heavy atom. The number of hydrogen-bond acceptors (Lipinski definition) is 3. The Hall–Kier alpha value is -2.04. The normalized spacial score (nSPS) is 20.7. The van der Waals surface area contributed by atoms with Crippen LogP contribution in [0.3, 0.4) is 0 Å². The summed E-state index contributed by atoms with van der Waals surface area (Å²) in [5.74, 6) is 1.18. The molecule has 5 nitrogen and oxygen atoms in total. The van der Waals surface area contributed by atoms with Gasteiger partial charge < -0.3 is 14.7 Å². The van der Waals surface area contributed by atoms with Gasteiger partial charge >= 0.3 is 5.97 Å². The van der Waals surface area contributed by atoms with Crippen LogP contribution in [0.4, 0.5) is 5.69 Å². The zero-order chi connectivity index (χ0) is 17.7. The molecule has 1 aliphatic carbocycles. The molecule has 0 spiro atoms. The summed E-state index contributed by atoms with van der Waals surface area (Å²) >= 11 is 0. The number of carbonyl (C=O) groups is 2. The number of nitrogens with zero attached hydrogens (tertiary/aromatic N) is 1. The first-order valence-electron chi connectivity index (χ1n) is 8.60. The molecule has 132 valence electrons. The molecule has 0 heterocycles. The maximum absolute atomic E-state index is 12.7. The summed E-state index contributed by atoms with van der Waals surface area (Å²) in [5.41, 5.74) is 0.800. The quantitative estimate of drug-likeness (QED) is 0.864. The number of aliphatic carboxylic acids is 1. The van der Waals surface area contributed by atoms with Gasteiger partial charge in [-0.3, -0.25) is 4.79 Å². The van der Waals surface area contributed by atoms with E-state index in [-0.39, 0.29) is 18.4 Å². The minimum Gasteiger partial charge on any atom is -0.482 e. The lowest BCUT2D eigenvalue weighted by Gasteiger charge is -2.32. The highest BCUT2D eigenvalue weighted by Crippen LogP contribution is 2.34. The van der Waals surface area contributed by atoms with E-state index in [1.165, 1.54) is 0 Å². The molecule has 0 unspecified atom stereocenters. The average molecular weight is 333 g/mol. The molecule has 0 radical (unpaired) electrons. The highest BCUT2D eigenvalue weighted by molar-refractivity contribution is 5.94. The molecule has 1 saturated carbocycles. The Balaban J connectivity index is 1.92. The average Bonchev–Trinajstić information content (AvgIpc) is 2.59. The van der Waals surface area contributed by atoms with Crippen LogP contribution in [0, 0.1) is 17.8 Å². The third-order valence-electron chi connectivity index (χ3n) is 4.98. The minimum atomic E-state index is -1.01. The fraction of sp³-hybridized carbons (Fsp3) is 0.579. The van der Waals surface area contributed by atoms with Gasteiger partial charge in [0.1, 0.15) is 5.75 Å². The summed E-state index contributed by atoms with van der Waals surface area (Å²) in [6, 6.07) is 6.96. The molecule has 1 amide bonds. The first-order chi connectivity index (χ1) is 11.4. The van der Waals surface area contributed by atoms with Crippen LogP contribution in [0.25, 0.3) is 0 Å². The predicted molar refractivity (Wildman–Crippen MR) is 93.3 cm³/mol. The first-order valence-corrected chi connectivity index (χ1v) is 8.60. The zero-order valence-corrected chi connectivity index (χ0v) is 14.7. The fourth-order valence-electron chi connectivity index (χ4n) is 3.34. The smallest absolute Gasteiger partial charge is 0.341 e. The van der Waals surface area contributed by atoms with Crippen LogP contribution in [0.5, 0.6) is 5.75 Å².